The van der Waals surface area contributed by atoms with Gasteiger partial charge in [0.2, 0.25) is 5.91 Å². The molecule has 1 aromatic heterocycles. The van der Waals surface area contributed by atoms with E-state index < -0.39 is 0 Å². The van der Waals surface area contributed by atoms with Crippen LogP contribution in [0.3, 0.4) is 0 Å². The molecule has 6 heteroatoms. The second-order valence-corrected chi connectivity index (χ2v) is 4.84. The lowest BCUT2D eigenvalue weighted by molar-refractivity contribution is -0.118. The number of pyridine rings is 1. The summed E-state index contributed by atoms with van der Waals surface area (Å²) in [5, 5.41) is 13.8. The zero-order valence-corrected chi connectivity index (χ0v) is 11.4. The Labute approximate surface area is 120 Å². The van der Waals surface area contributed by atoms with Crippen LogP contribution in [0.2, 0.25) is 0 Å². The van der Waals surface area contributed by atoms with Crippen LogP contribution in [-0.4, -0.2) is 28.0 Å². The van der Waals surface area contributed by atoms with Gasteiger partial charge < -0.3 is 5.11 Å². The number of nitrogens with one attached hydrogen (secondary N) is 1. The lowest BCUT2D eigenvalue weighted by Gasteiger charge is -1.99. The number of amides is 1. The Morgan fingerprint density at radius 1 is 1.30 bits per heavy atom. The van der Waals surface area contributed by atoms with Crippen LogP contribution in [0.25, 0.3) is 0 Å². The summed E-state index contributed by atoms with van der Waals surface area (Å²) < 4.78 is 0. The maximum absolute atomic E-state index is 11.5. The van der Waals surface area contributed by atoms with E-state index in [1.54, 1.807) is 30.5 Å². The summed E-state index contributed by atoms with van der Waals surface area (Å²) in [6, 6.07) is 12.1. The monoisotopic (exact) mass is 287 g/mol. The van der Waals surface area contributed by atoms with Crippen molar-refractivity contribution in [2.45, 2.75) is 5.03 Å². The van der Waals surface area contributed by atoms with E-state index >= 15 is 0 Å². The number of carbonyl (C=O) groups excluding carboxylic acids is 1. The van der Waals surface area contributed by atoms with Gasteiger partial charge in [0, 0.05) is 6.20 Å². The molecule has 0 aliphatic rings. The highest BCUT2D eigenvalue weighted by Gasteiger charge is 2.01. The third kappa shape index (κ3) is 4.74. The Balaban J connectivity index is 1.76. The van der Waals surface area contributed by atoms with Crippen LogP contribution < -0.4 is 5.43 Å². The van der Waals surface area contributed by atoms with Crippen molar-refractivity contribution < 1.29 is 9.90 Å². The van der Waals surface area contributed by atoms with E-state index in [1.807, 2.05) is 18.2 Å². The second-order valence-electron chi connectivity index (χ2n) is 3.84. The first-order valence-electron chi connectivity index (χ1n) is 5.89. The largest absolute Gasteiger partial charge is 0.508 e. The lowest BCUT2D eigenvalue weighted by Crippen LogP contribution is -2.19. The normalized spacial score (nSPS) is 10.6. The van der Waals surface area contributed by atoms with E-state index in [0.29, 0.717) is 0 Å². The Kier molecular flexibility index (Phi) is 5.14. The molecule has 0 bridgehead atoms. The molecule has 0 aliphatic heterocycles. The third-order valence-electron chi connectivity index (χ3n) is 2.28. The Morgan fingerprint density at radius 3 is 2.80 bits per heavy atom. The average molecular weight is 287 g/mol. The van der Waals surface area contributed by atoms with Gasteiger partial charge in [-0.05, 0) is 42.0 Å². The molecule has 2 aromatic rings. The number of aromatic hydroxyl groups is 1. The third-order valence-corrected chi connectivity index (χ3v) is 3.23. The van der Waals surface area contributed by atoms with Crippen molar-refractivity contribution in [3.8, 4) is 5.75 Å². The van der Waals surface area contributed by atoms with Gasteiger partial charge in [-0.15, -0.1) is 0 Å². The van der Waals surface area contributed by atoms with Crippen molar-refractivity contribution in [3.63, 3.8) is 0 Å². The SMILES string of the molecule is O=C(CSc1ccccn1)N/N=C/c1ccc(O)cc1. The summed E-state index contributed by atoms with van der Waals surface area (Å²) in [7, 11) is 0. The first kappa shape index (κ1) is 14.1. The molecule has 1 heterocycles. The lowest BCUT2D eigenvalue weighted by atomic mass is 10.2. The summed E-state index contributed by atoms with van der Waals surface area (Å²) >= 11 is 1.35. The number of phenolic OH excluding ortho intramolecular Hbond substituents is 1. The minimum absolute atomic E-state index is 0.193. The molecular weight excluding hydrogens is 274 g/mol. The number of phenols is 1. The minimum atomic E-state index is -0.198. The fourth-order valence-electron chi connectivity index (χ4n) is 1.34. The second kappa shape index (κ2) is 7.30. The van der Waals surface area contributed by atoms with Gasteiger partial charge in [0.1, 0.15) is 5.75 Å². The van der Waals surface area contributed by atoms with E-state index in [-0.39, 0.29) is 17.4 Å². The molecule has 1 amide bonds. The molecule has 0 unspecified atom stereocenters. The van der Waals surface area contributed by atoms with E-state index in [0.717, 1.165) is 10.6 Å². The molecule has 0 spiro atoms. The van der Waals surface area contributed by atoms with Crippen molar-refractivity contribution in [3.05, 3.63) is 54.2 Å². The number of carbonyl (C=O) groups is 1. The highest BCUT2D eigenvalue weighted by atomic mass is 32.2. The van der Waals surface area contributed by atoms with Crippen molar-refractivity contribution >= 4 is 23.9 Å². The maximum atomic E-state index is 11.5. The number of nitrogens with zero attached hydrogens (tertiary/aromatic N) is 2. The Morgan fingerprint density at radius 2 is 2.10 bits per heavy atom. The van der Waals surface area contributed by atoms with E-state index in [1.165, 1.54) is 18.0 Å². The van der Waals surface area contributed by atoms with Gasteiger partial charge in [-0.25, -0.2) is 10.4 Å². The molecule has 0 saturated carbocycles. The fraction of sp³-hybridized carbons (Fsp3) is 0.0714. The smallest absolute Gasteiger partial charge is 0.250 e. The highest BCUT2D eigenvalue weighted by molar-refractivity contribution is 7.99. The number of aromatic nitrogens is 1. The number of rotatable bonds is 5. The molecule has 5 nitrogen and oxygen atoms in total. The molecule has 2 rings (SSSR count). The maximum Gasteiger partial charge on any atom is 0.250 e. The standard InChI is InChI=1S/C14H13N3O2S/c18-12-6-4-11(5-7-12)9-16-17-13(19)10-20-14-3-1-2-8-15-14/h1-9,18H,10H2,(H,17,19)/b16-9+. The zero-order valence-electron chi connectivity index (χ0n) is 10.6. The molecular formula is C14H13N3O2S. The first-order valence-corrected chi connectivity index (χ1v) is 6.87. The zero-order chi connectivity index (χ0) is 14.2. The fourth-order valence-corrected chi connectivity index (χ4v) is 2.00. The van der Waals surface area contributed by atoms with E-state index in [4.69, 9.17) is 5.11 Å². The first-order chi connectivity index (χ1) is 9.74. The van der Waals surface area contributed by atoms with Crippen LogP contribution in [0.4, 0.5) is 0 Å². The quantitative estimate of drug-likeness (QED) is 0.501. The summed E-state index contributed by atoms with van der Waals surface area (Å²) in [6.45, 7) is 0. The predicted octanol–water partition coefficient (Wildman–Crippen LogP) is 2.03. The number of benzene rings is 1. The van der Waals surface area contributed by atoms with E-state index in [9.17, 15) is 4.79 Å². The van der Waals surface area contributed by atoms with Crippen LogP contribution >= 0.6 is 11.8 Å². The van der Waals surface area contributed by atoms with Crippen LogP contribution in [0, 0.1) is 0 Å². The van der Waals surface area contributed by atoms with Gasteiger partial charge >= 0.3 is 0 Å². The molecule has 1 aromatic carbocycles. The molecule has 0 radical (unpaired) electrons. The molecule has 2 N–H and O–H groups in total. The number of hydrazone groups is 1. The van der Waals surface area contributed by atoms with Gasteiger partial charge in [-0.3, -0.25) is 4.79 Å². The van der Waals surface area contributed by atoms with Crippen molar-refractivity contribution in [2.75, 3.05) is 5.75 Å². The summed E-state index contributed by atoms with van der Waals surface area (Å²) in [6.07, 6.45) is 3.20. The topological polar surface area (TPSA) is 74.6 Å². The Bertz CT molecular complexity index is 585. The van der Waals surface area contributed by atoms with E-state index in [2.05, 4.69) is 15.5 Å². The van der Waals surface area contributed by atoms with Crippen LogP contribution in [0.5, 0.6) is 5.75 Å². The van der Waals surface area contributed by atoms with Crippen LogP contribution in [0.15, 0.2) is 58.8 Å². The van der Waals surface area contributed by atoms with Gasteiger partial charge in [0.15, 0.2) is 0 Å². The predicted molar refractivity (Wildman–Crippen MR) is 78.8 cm³/mol. The summed E-state index contributed by atoms with van der Waals surface area (Å²) in [4.78, 5) is 15.7. The van der Waals surface area contributed by atoms with Gasteiger partial charge in [-0.2, -0.15) is 5.10 Å². The highest BCUT2D eigenvalue weighted by Crippen LogP contribution is 2.13. The van der Waals surface area contributed by atoms with Gasteiger partial charge in [0.05, 0.1) is 17.0 Å². The van der Waals surface area contributed by atoms with Crippen LogP contribution in [0.1, 0.15) is 5.56 Å². The minimum Gasteiger partial charge on any atom is -0.508 e. The van der Waals surface area contributed by atoms with Crippen molar-refractivity contribution in [2.24, 2.45) is 5.10 Å². The Hall–Kier alpha value is -2.34. The molecule has 102 valence electrons. The van der Waals surface area contributed by atoms with Crippen LogP contribution in [-0.2, 0) is 4.79 Å². The number of hydrogen-bond acceptors (Lipinski definition) is 5. The molecule has 20 heavy (non-hydrogen) atoms. The van der Waals surface area contributed by atoms with Crippen molar-refractivity contribution in [1.82, 2.24) is 10.4 Å². The van der Waals surface area contributed by atoms with Gasteiger partial charge in [-0.1, -0.05) is 17.8 Å². The summed E-state index contributed by atoms with van der Waals surface area (Å²) in [5.41, 5.74) is 3.23. The van der Waals surface area contributed by atoms with Gasteiger partial charge in [0.25, 0.3) is 0 Å². The molecule has 0 saturated heterocycles. The summed E-state index contributed by atoms with van der Waals surface area (Å²) in [5.74, 6) is 0.248. The average Bonchev–Trinajstić information content (AvgIpc) is 2.48. The molecule has 0 fully saturated rings. The number of thioether (sulfide) groups is 1. The van der Waals surface area contributed by atoms with Crippen molar-refractivity contribution in [1.29, 1.82) is 0 Å². The molecule has 0 aliphatic carbocycles. The molecule has 0 atom stereocenters. The number of hydrogen-bond donors (Lipinski definition) is 2.